The topological polar surface area (TPSA) is 119 Å². The van der Waals surface area contributed by atoms with E-state index in [0.29, 0.717) is 4.90 Å². The van der Waals surface area contributed by atoms with Gasteiger partial charge in [-0.1, -0.05) is 29.3 Å². The molecule has 1 saturated heterocycles. The minimum absolute atomic E-state index is 0.0730. The second kappa shape index (κ2) is 7.90. The van der Waals surface area contributed by atoms with Crippen LogP contribution < -0.4 is 15.0 Å². The summed E-state index contributed by atoms with van der Waals surface area (Å²) in [4.78, 5) is 48.4. The zero-order chi connectivity index (χ0) is 21.3. The molecule has 0 aromatic heterocycles. The van der Waals surface area contributed by atoms with E-state index in [0.717, 1.165) is 6.07 Å². The van der Waals surface area contributed by atoms with Crippen molar-refractivity contribution in [2.45, 2.75) is 0 Å². The SMILES string of the molecule is COc1c(Cl)cc(Cl)cc1/C=C1\C(=O)NC(=O)N(c2cccc([N+](=O)[O-])c2)C1=O. The van der Waals surface area contributed by atoms with E-state index in [9.17, 15) is 24.5 Å². The molecule has 0 saturated carbocycles. The number of benzene rings is 2. The number of amides is 4. The Morgan fingerprint density at radius 2 is 1.90 bits per heavy atom. The highest BCUT2D eigenvalue weighted by Gasteiger charge is 2.37. The number of methoxy groups -OCH3 is 1. The Balaban J connectivity index is 2.10. The standard InChI is InChI=1S/C18H11Cl2N3O6/c1-29-15-9(5-10(19)7-14(15)20)6-13-16(24)21-18(26)22(17(13)25)11-3-2-4-12(8-11)23(27)28/h2-8H,1H3,(H,21,24,26)/b13-6+. The Bertz CT molecular complexity index is 1100. The van der Waals surface area contributed by atoms with Gasteiger partial charge in [-0.05, 0) is 24.3 Å². The number of non-ortho nitro benzene ring substituents is 1. The van der Waals surface area contributed by atoms with E-state index in [-0.39, 0.29) is 32.7 Å². The van der Waals surface area contributed by atoms with Crippen LogP contribution in [0.1, 0.15) is 5.56 Å². The number of hydrogen-bond acceptors (Lipinski definition) is 6. The summed E-state index contributed by atoms with van der Waals surface area (Å²) in [5, 5.41) is 13.4. The van der Waals surface area contributed by atoms with Gasteiger partial charge in [0.15, 0.2) is 0 Å². The Hall–Kier alpha value is -3.43. The molecule has 0 radical (unpaired) electrons. The van der Waals surface area contributed by atoms with E-state index in [1.54, 1.807) is 0 Å². The lowest BCUT2D eigenvalue weighted by atomic mass is 10.1. The van der Waals surface area contributed by atoms with Crippen molar-refractivity contribution in [3.63, 3.8) is 0 Å². The molecule has 1 heterocycles. The minimum atomic E-state index is -1.03. The number of barbiturate groups is 1. The number of carbonyl (C=O) groups excluding carboxylic acids is 3. The third-order valence-corrected chi connectivity index (χ3v) is 4.44. The maximum Gasteiger partial charge on any atom is 0.335 e. The van der Waals surface area contributed by atoms with Crippen LogP contribution in [0.4, 0.5) is 16.2 Å². The highest BCUT2D eigenvalue weighted by molar-refractivity contribution is 6.40. The summed E-state index contributed by atoms with van der Waals surface area (Å²) in [5.74, 6) is -1.75. The van der Waals surface area contributed by atoms with Gasteiger partial charge in [0.25, 0.3) is 17.5 Å². The number of rotatable bonds is 4. The van der Waals surface area contributed by atoms with Crippen LogP contribution in [-0.2, 0) is 9.59 Å². The highest BCUT2D eigenvalue weighted by atomic mass is 35.5. The molecule has 0 unspecified atom stereocenters. The molecule has 2 aromatic rings. The van der Waals surface area contributed by atoms with Crippen molar-refractivity contribution in [1.29, 1.82) is 0 Å². The van der Waals surface area contributed by atoms with E-state index in [4.69, 9.17) is 27.9 Å². The first-order valence-electron chi connectivity index (χ1n) is 7.92. The van der Waals surface area contributed by atoms with E-state index in [2.05, 4.69) is 0 Å². The molecule has 1 aliphatic heterocycles. The molecule has 1 fully saturated rings. The normalized spacial score (nSPS) is 15.5. The average molecular weight is 436 g/mol. The molecule has 11 heteroatoms. The molecular formula is C18H11Cl2N3O6. The van der Waals surface area contributed by atoms with E-state index in [1.807, 2.05) is 5.32 Å². The fourth-order valence-corrected chi connectivity index (χ4v) is 3.28. The number of nitrogens with one attached hydrogen (secondary N) is 1. The van der Waals surface area contributed by atoms with Crippen molar-refractivity contribution < 1.29 is 24.0 Å². The van der Waals surface area contributed by atoms with Crippen molar-refractivity contribution in [2.75, 3.05) is 12.0 Å². The fourth-order valence-electron chi connectivity index (χ4n) is 2.70. The van der Waals surface area contributed by atoms with Gasteiger partial charge >= 0.3 is 6.03 Å². The van der Waals surface area contributed by atoms with Crippen molar-refractivity contribution in [3.8, 4) is 5.75 Å². The molecule has 0 spiro atoms. The number of halogens is 2. The third-order valence-electron chi connectivity index (χ3n) is 3.94. The number of nitro groups is 1. The van der Waals surface area contributed by atoms with Crippen molar-refractivity contribution in [2.24, 2.45) is 0 Å². The van der Waals surface area contributed by atoms with Crippen LogP contribution in [0.2, 0.25) is 10.0 Å². The lowest BCUT2D eigenvalue weighted by molar-refractivity contribution is -0.384. The number of ether oxygens (including phenoxy) is 1. The second-order valence-electron chi connectivity index (χ2n) is 5.74. The maximum atomic E-state index is 12.9. The Morgan fingerprint density at radius 3 is 2.55 bits per heavy atom. The largest absolute Gasteiger partial charge is 0.495 e. The molecule has 9 nitrogen and oxygen atoms in total. The molecule has 1 N–H and O–H groups in total. The number of urea groups is 1. The first-order chi connectivity index (χ1) is 13.7. The summed E-state index contributed by atoms with van der Waals surface area (Å²) >= 11 is 12.0. The average Bonchev–Trinajstić information content (AvgIpc) is 2.65. The summed E-state index contributed by atoms with van der Waals surface area (Å²) in [6, 6.07) is 6.70. The van der Waals surface area contributed by atoms with Crippen molar-refractivity contribution in [3.05, 3.63) is 67.7 Å². The first-order valence-corrected chi connectivity index (χ1v) is 8.67. The number of nitrogens with zero attached hydrogens (tertiary/aromatic N) is 2. The predicted molar refractivity (Wildman–Crippen MR) is 105 cm³/mol. The Labute approximate surface area is 173 Å². The molecule has 29 heavy (non-hydrogen) atoms. The number of anilines is 1. The number of carbonyl (C=O) groups is 3. The molecule has 148 valence electrons. The van der Waals surface area contributed by atoms with Crippen LogP contribution >= 0.6 is 23.2 Å². The van der Waals surface area contributed by atoms with Gasteiger partial charge in [-0.25, -0.2) is 9.69 Å². The lowest BCUT2D eigenvalue weighted by Gasteiger charge is -2.26. The van der Waals surface area contributed by atoms with E-state index >= 15 is 0 Å². The molecule has 3 rings (SSSR count). The zero-order valence-corrected chi connectivity index (χ0v) is 16.2. The number of hydrogen-bond donors (Lipinski definition) is 1. The highest BCUT2D eigenvalue weighted by Crippen LogP contribution is 2.34. The van der Waals surface area contributed by atoms with Gasteiger partial charge < -0.3 is 4.74 Å². The number of imide groups is 2. The predicted octanol–water partition coefficient (Wildman–Crippen LogP) is 3.58. The van der Waals surface area contributed by atoms with Gasteiger partial charge in [0.1, 0.15) is 11.3 Å². The monoisotopic (exact) mass is 435 g/mol. The van der Waals surface area contributed by atoms with Crippen LogP contribution in [0.5, 0.6) is 5.75 Å². The molecule has 4 amide bonds. The van der Waals surface area contributed by atoms with Gasteiger partial charge in [-0.15, -0.1) is 0 Å². The van der Waals surface area contributed by atoms with Gasteiger partial charge in [0.2, 0.25) is 0 Å². The first kappa shape index (κ1) is 20.3. The smallest absolute Gasteiger partial charge is 0.335 e. The molecule has 0 atom stereocenters. The van der Waals surface area contributed by atoms with Gasteiger partial charge in [0, 0.05) is 22.7 Å². The minimum Gasteiger partial charge on any atom is -0.495 e. The molecule has 0 bridgehead atoms. The van der Waals surface area contributed by atoms with Gasteiger partial charge in [-0.3, -0.25) is 25.0 Å². The van der Waals surface area contributed by atoms with Gasteiger partial charge in [0.05, 0.1) is 22.7 Å². The zero-order valence-electron chi connectivity index (χ0n) is 14.6. The molecule has 1 aliphatic rings. The quantitative estimate of drug-likeness (QED) is 0.339. The van der Waals surface area contributed by atoms with Crippen LogP contribution in [0.15, 0.2) is 42.0 Å². The van der Waals surface area contributed by atoms with E-state index < -0.39 is 28.3 Å². The molecule has 2 aromatic carbocycles. The summed E-state index contributed by atoms with van der Waals surface area (Å²) < 4.78 is 5.18. The summed E-state index contributed by atoms with van der Waals surface area (Å²) in [7, 11) is 1.35. The molecule has 0 aliphatic carbocycles. The third kappa shape index (κ3) is 3.91. The number of nitro benzene ring substituents is 1. The second-order valence-corrected chi connectivity index (χ2v) is 6.59. The van der Waals surface area contributed by atoms with Crippen LogP contribution in [-0.4, -0.2) is 29.9 Å². The lowest BCUT2D eigenvalue weighted by Crippen LogP contribution is -2.54. The Kier molecular flexibility index (Phi) is 5.53. The van der Waals surface area contributed by atoms with E-state index in [1.165, 1.54) is 43.5 Å². The van der Waals surface area contributed by atoms with Crippen molar-refractivity contribution in [1.82, 2.24) is 5.32 Å². The van der Waals surface area contributed by atoms with Crippen molar-refractivity contribution >= 4 is 58.5 Å². The fraction of sp³-hybridized carbons (Fsp3) is 0.0556. The maximum absolute atomic E-state index is 12.9. The summed E-state index contributed by atoms with van der Waals surface area (Å²) in [6.07, 6.45) is 1.17. The van der Waals surface area contributed by atoms with Gasteiger partial charge in [-0.2, -0.15) is 0 Å². The van der Waals surface area contributed by atoms with Crippen LogP contribution in [0.25, 0.3) is 6.08 Å². The Morgan fingerprint density at radius 1 is 1.17 bits per heavy atom. The van der Waals surface area contributed by atoms with Crippen LogP contribution in [0, 0.1) is 10.1 Å². The molecular weight excluding hydrogens is 425 g/mol. The summed E-state index contributed by atoms with van der Waals surface area (Å²) in [6.45, 7) is 0. The van der Waals surface area contributed by atoms with Crippen LogP contribution in [0.3, 0.4) is 0 Å². The summed E-state index contributed by atoms with van der Waals surface area (Å²) in [5.41, 5.74) is -0.574.